The quantitative estimate of drug-likeness (QED) is 0.863. The zero-order chi connectivity index (χ0) is 12.1. The Hall–Kier alpha value is -0.940. The van der Waals surface area contributed by atoms with Crippen LogP contribution in [-0.4, -0.2) is 18.6 Å². The zero-order valence-electron chi connectivity index (χ0n) is 8.87. The van der Waals surface area contributed by atoms with Crippen LogP contribution >= 0.6 is 15.9 Å². The van der Waals surface area contributed by atoms with E-state index in [-0.39, 0.29) is 5.82 Å². The summed E-state index contributed by atoms with van der Waals surface area (Å²) in [5.41, 5.74) is 6.43. The van der Waals surface area contributed by atoms with Crippen LogP contribution in [-0.2, 0) is 16.0 Å². The number of nitrogens with two attached hydrogens (primary N) is 1. The van der Waals surface area contributed by atoms with E-state index >= 15 is 0 Å². The minimum absolute atomic E-state index is 0.305. The van der Waals surface area contributed by atoms with Gasteiger partial charge < -0.3 is 10.5 Å². The fourth-order valence-electron chi connectivity index (χ4n) is 1.25. The Labute approximate surface area is 102 Å². The lowest BCUT2D eigenvalue weighted by atomic mass is 10.1. The molecule has 0 aliphatic carbocycles. The summed E-state index contributed by atoms with van der Waals surface area (Å²) in [6, 6.07) is 3.82. The number of esters is 1. The first kappa shape index (κ1) is 13.1. The number of carbonyl (C=O) groups is 1. The SMILES string of the molecule is CCOC(=O)C(N)Cc1ccc(F)c(Br)c1. The van der Waals surface area contributed by atoms with Crippen molar-refractivity contribution >= 4 is 21.9 Å². The average molecular weight is 290 g/mol. The Morgan fingerprint density at radius 3 is 2.88 bits per heavy atom. The van der Waals surface area contributed by atoms with E-state index in [2.05, 4.69) is 15.9 Å². The molecule has 1 aromatic carbocycles. The number of halogens is 2. The van der Waals surface area contributed by atoms with Gasteiger partial charge in [-0.25, -0.2) is 4.39 Å². The molecule has 1 unspecified atom stereocenters. The standard InChI is InChI=1S/C11H13BrFNO2/c1-2-16-11(15)10(14)6-7-3-4-9(13)8(12)5-7/h3-5,10H,2,6,14H2,1H3. The first-order valence-electron chi connectivity index (χ1n) is 4.90. The van der Waals surface area contributed by atoms with E-state index in [1.165, 1.54) is 6.07 Å². The average Bonchev–Trinajstić information content (AvgIpc) is 2.24. The van der Waals surface area contributed by atoms with Crippen LogP contribution in [0.2, 0.25) is 0 Å². The molecule has 0 radical (unpaired) electrons. The van der Waals surface area contributed by atoms with Gasteiger partial charge >= 0.3 is 5.97 Å². The van der Waals surface area contributed by atoms with Crippen molar-refractivity contribution in [3.05, 3.63) is 34.1 Å². The maximum Gasteiger partial charge on any atom is 0.323 e. The molecule has 0 saturated heterocycles. The van der Waals surface area contributed by atoms with Crippen molar-refractivity contribution < 1.29 is 13.9 Å². The smallest absolute Gasteiger partial charge is 0.323 e. The van der Waals surface area contributed by atoms with Crippen molar-refractivity contribution in [2.75, 3.05) is 6.61 Å². The Kier molecular flexibility index (Phi) is 4.89. The molecule has 0 bridgehead atoms. The van der Waals surface area contributed by atoms with E-state index in [9.17, 15) is 9.18 Å². The van der Waals surface area contributed by atoms with Gasteiger partial charge in [0, 0.05) is 0 Å². The molecule has 3 nitrogen and oxygen atoms in total. The van der Waals surface area contributed by atoms with Gasteiger partial charge in [0.15, 0.2) is 0 Å². The summed E-state index contributed by atoms with van der Waals surface area (Å²) in [6.45, 7) is 2.03. The van der Waals surface area contributed by atoms with Crippen LogP contribution in [0.15, 0.2) is 22.7 Å². The molecule has 0 heterocycles. The highest BCUT2D eigenvalue weighted by molar-refractivity contribution is 9.10. The molecule has 0 saturated carbocycles. The Balaban J connectivity index is 2.66. The highest BCUT2D eigenvalue weighted by Gasteiger charge is 2.15. The number of rotatable bonds is 4. The lowest BCUT2D eigenvalue weighted by Crippen LogP contribution is -2.34. The van der Waals surface area contributed by atoms with E-state index in [1.807, 2.05) is 0 Å². The molecule has 1 aromatic rings. The Morgan fingerprint density at radius 1 is 1.62 bits per heavy atom. The van der Waals surface area contributed by atoms with E-state index in [4.69, 9.17) is 10.5 Å². The molecule has 0 spiro atoms. The normalized spacial score (nSPS) is 12.2. The maximum absolute atomic E-state index is 12.9. The first-order valence-corrected chi connectivity index (χ1v) is 5.70. The number of benzene rings is 1. The predicted molar refractivity (Wildman–Crippen MR) is 62.4 cm³/mol. The van der Waals surface area contributed by atoms with Crippen LogP contribution in [0.5, 0.6) is 0 Å². The molecule has 1 atom stereocenters. The molecule has 0 aromatic heterocycles. The number of hydrogen-bond donors (Lipinski definition) is 1. The zero-order valence-corrected chi connectivity index (χ0v) is 10.5. The minimum atomic E-state index is -0.711. The topological polar surface area (TPSA) is 52.3 Å². The van der Waals surface area contributed by atoms with Crippen molar-refractivity contribution in [1.82, 2.24) is 0 Å². The molecule has 16 heavy (non-hydrogen) atoms. The lowest BCUT2D eigenvalue weighted by Gasteiger charge is -2.10. The van der Waals surface area contributed by atoms with Gasteiger partial charge in [-0.05, 0) is 47.0 Å². The molecule has 0 amide bonds. The molecule has 1 rings (SSSR count). The molecule has 0 aliphatic heterocycles. The summed E-state index contributed by atoms with van der Waals surface area (Å²) in [7, 11) is 0. The van der Waals surface area contributed by atoms with Crippen LogP contribution in [0.1, 0.15) is 12.5 Å². The summed E-state index contributed by atoms with van der Waals surface area (Å²) >= 11 is 3.07. The molecule has 2 N–H and O–H groups in total. The largest absolute Gasteiger partial charge is 0.465 e. The maximum atomic E-state index is 12.9. The fraction of sp³-hybridized carbons (Fsp3) is 0.364. The summed E-state index contributed by atoms with van der Waals surface area (Å²) in [5.74, 6) is -0.781. The van der Waals surface area contributed by atoms with Crippen molar-refractivity contribution in [3.8, 4) is 0 Å². The van der Waals surface area contributed by atoms with Gasteiger partial charge in [0.2, 0.25) is 0 Å². The van der Waals surface area contributed by atoms with Crippen molar-refractivity contribution in [1.29, 1.82) is 0 Å². The van der Waals surface area contributed by atoms with Crippen LogP contribution < -0.4 is 5.73 Å². The second-order valence-corrected chi connectivity index (χ2v) is 4.17. The number of carbonyl (C=O) groups excluding carboxylic acids is 1. The Morgan fingerprint density at radius 2 is 2.31 bits per heavy atom. The highest BCUT2D eigenvalue weighted by atomic mass is 79.9. The van der Waals surface area contributed by atoms with E-state index < -0.39 is 12.0 Å². The van der Waals surface area contributed by atoms with Crippen molar-refractivity contribution in [2.45, 2.75) is 19.4 Å². The second kappa shape index (κ2) is 5.96. The molecule has 0 fully saturated rings. The van der Waals surface area contributed by atoms with Gasteiger partial charge in [-0.15, -0.1) is 0 Å². The van der Waals surface area contributed by atoms with E-state index in [0.29, 0.717) is 17.5 Å². The van der Waals surface area contributed by atoms with Crippen LogP contribution in [0, 0.1) is 5.82 Å². The fourth-order valence-corrected chi connectivity index (χ4v) is 1.68. The molecule has 5 heteroatoms. The first-order chi connectivity index (χ1) is 7.54. The molecular formula is C11H13BrFNO2. The third-order valence-electron chi connectivity index (χ3n) is 2.03. The van der Waals surface area contributed by atoms with Crippen LogP contribution in [0.4, 0.5) is 4.39 Å². The molecular weight excluding hydrogens is 277 g/mol. The summed E-state index contributed by atoms with van der Waals surface area (Å²) in [4.78, 5) is 11.3. The monoisotopic (exact) mass is 289 g/mol. The van der Waals surface area contributed by atoms with Gasteiger partial charge in [-0.2, -0.15) is 0 Å². The predicted octanol–water partition coefficient (Wildman–Crippen LogP) is 2.02. The number of ether oxygens (including phenoxy) is 1. The third-order valence-corrected chi connectivity index (χ3v) is 2.64. The minimum Gasteiger partial charge on any atom is -0.465 e. The van der Waals surface area contributed by atoms with Crippen molar-refractivity contribution in [2.24, 2.45) is 5.73 Å². The number of hydrogen-bond acceptors (Lipinski definition) is 3. The molecule has 88 valence electrons. The van der Waals surface area contributed by atoms with Gasteiger partial charge in [0.05, 0.1) is 11.1 Å². The summed E-state index contributed by atoms with van der Waals surface area (Å²) in [6.07, 6.45) is 0.331. The molecule has 0 aliphatic rings. The third kappa shape index (κ3) is 3.57. The lowest BCUT2D eigenvalue weighted by molar-refractivity contribution is -0.144. The van der Waals surface area contributed by atoms with Gasteiger partial charge in [0.1, 0.15) is 11.9 Å². The van der Waals surface area contributed by atoms with Crippen LogP contribution in [0.3, 0.4) is 0 Å². The van der Waals surface area contributed by atoms with Gasteiger partial charge in [0.25, 0.3) is 0 Å². The van der Waals surface area contributed by atoms with E-state index in [1.54, 1.807) is 19.1 Å². The second-order valence-electron chi connectivity index (χ2n) is 3.31. The van der Waals surface area contributed by atoms with E-state index in [0.717, 1.165) is 5.56 Å². The van der Waals surface area contributed by atoms with Crippen molar-refractivity contribution in [3.63, 3.8) is 0 Å². The summed E-state index contributed by atoms with van der Waals surface area (Å²) in [5, 5.41) is 0. The summed E-state index contributed by atoms with van der Waals surface area (Å²) < 4.78 is 18.1. The highest BCUT2D eigenvalue weighted by Crippen LogP contribution is 2.17. The van der Waals surface area contributed by atoms with Gasteiger partial charge in [-0.3, -0.25) is 4.79 Å². The van der Waals surface area contributed by atoms with Gasteiger partial charge in [-0.1, -0.05) is 6.07 Å². The van der Waals surface area contributed by atoms with Crippen LogP contribution in [0.25, 0.3) is 0 Å². The Bertz CT molecular complexity index is 384.